The average molecular weight is 513 g/mol. The van der Waals surface area contributed by atoms with E-state index in [2.05, 4.69) is 129 Å². The first-order valence-corrected chi connectivity index (χ1v) is 13.4. The highest BCUT2D eigenvalue weighted by atomic mass is 15.1. The number of aromatic nitrogens is 2. The van der Waals surface area contributed by atoms with Crippen LogP contribution < -0.4 is 0 Å². The van der Waals surface area contributed by atoms with E-state index in [1.54, 1.807) is 0 Å². The highest BCUT2D eigenvalue weighted by Crippen LogP contribution is 2.35. The van der Waals surface area contributed by atoms with E-state index in [4.69, 9.17) is 0 Å². The standard InChI is InChI=1S/C36H24N4/c1-3-13-33-29(7-1)31-11-5-9-27(35(31)37-33)23-15-19-25(20-16-23)39-40-26-21-17-24(18-22-26)28-10-6-12-32-30-8-2-4-14-34(30)38-36(28)32/h1-22,37-38H. The number of hydrogen-bond acceptors (Lipinski definition) is 2. The van der Waals surface area contributed by atoms with Crippen molar-refractivity contribution in [3.63, 3.8) is 0 Å². The molecule has 0 saturated heterocycles. The van der Waals surface area contributed by atoms with Gasteiger partial charge in [0.15, 0.2) is 0 Å². The van der Waals surface area contributed by atoms with E-state index >= 15 is 0 Å². The smallest absolute Gasteiger partial charge is 0.0857 e. The molecule has 0 spiro atoms. The maximum absolute atomic E-state index is 4.50. The summed E-state index contributed by atoms with van der Waals surface area (Å²) in [5.41, 5.74) is 10.9. The second-order valence-corrected chi connectivity index (χ2v) is 10.1. The third kappa shape index (κ3) is 3.69. The van der Waals surface area contributed by atoms with E-state index in [1.165, 1.54) is 32.7 Å². The molecule has 2 heterocycles. The number of fused-ring (bicyclic) bond motifs is 6. The summed E-state index contributed by atoms with van der Waals surface area (Å²) in [6, 6.07) is 46.3. The number of para-hydroxylation sites is 4. The van der Waals surface area contributed by atoms with Gasteiger partial charge in [0.2, 0.25) is 0 Å². The maximum atomic E-state index is 4.50. The fourth-order valence-electron chi connectivity index (χ4n) is 5.76. The molecule has 4 heteroatoms. The second kappa shape index (κ2) is 9.07. The monoisotopic (exact) mass is 512 g/mol. The van der Waals surface area contributed by atoms with Crippen molar-refractivity contribution in [2.24, 2.45) is 10.2 Å². The molecule has 2 aromatic heterocycles. The topological polar surface area (TPSA) is 56.3 Å². The lowest BCUT2D eigenvalue weighted by Crippen LogP contribution is -1.80. The number of nitrogens with one attached hydrogen (secondary N) is 2. The molecule has 4 nitrogen and oxygen atoms in total. The van der Waals surface area contributed by atoms with Gasteiger partial charge in [-0.15, -0.1) is 0 Å². The molecule has 0 fully saturated rings. The number of H-pyrrole nitrogens is 2. The molecular weight excluding hydrogens is 488 g/mol. The van der Waals surface area contributed by atoms with Crippen molar-refractivity contribution in [1.82, 2.24) is 9.97 Å². The van der Waals surface area contributed by atoms with Crippen molar-refractivity contribution < 1.29 is 0 Å². The fraction of sp³-hybridized carbons (Fsp3) is 0. The second-order valence-electron chi connectivity index (χ2n) is 10.1. The SMILES string of the molecule is c1ccc2c(c1)[nH]c1c(-c3ccc(N=Nc4ccc(-c5cccc6c5[nH]c5ccccc56)cc4)cc3)cccc12. The first kappa shape index (κ1) is 22.5. The molecule has 2 N–H and O–H groups in total. The molecule has 0 unspecified atom stereocenters. The Labute approximate surface area is 230 Å². The van der Waals surface area contributed by atoms with Gasteiger partial charge in [-0.3, -0.25) is 0 Å². The van der Waals surface area contributed by atoms with Gasteiger partial charge < -0.3 is 9.97 Å². The highest BCUT2D eigenvalue weighted by molar-refractivity contribution is 6.12. The summed E-state index contributed by atoms with van der Waals surface area (Å²) < 4.78 is 0. The largest absolute Gasteiger partial charge is 0.354 e. The van der Waals surface area contributed by atoms with Crippen LogP contribution in [0.3, 0.4) is 0 Å². The van der Waals surface area contributed by atoms with Crippen molar-refractivity contribution >= 4 is 55.0 Å². The molecule has 0 saturated carbocycles. The summed E-state index contributed by atoms with van der Waals surface area (Å²) in [6.07, 6.45) is 0. The Morgan fingerprint density at radius 2 is 0.750 bits per heavy atom. The summed E-state index contributed by atoms with van der Waals surface area (Å²) in [5, 5.41) is 14.0. The Morgan fingerprint density at radius 1 is 0.350 bits per heavy atom. The first-order valence-electron chi connectivity index (χ1n) is 13.4. The van der Waals surface area contributed by atoms with Gasteiger partial charge in [0.1, 0.15) is 0 Å². The predicted molar refractivity (Wildman–Crippen MR) is 167 cm³/mol. The van der Waals surface area contributed by atoms with Crippen LogP contribution in [0.2, 0.25) is 0 Å². The van der Waals surface area contributed by atoms with E-state index in [1.807, 2.05) is 24.3 Å². The van der Waals surface area contributed by atoms with Crippen LogP contribution >= 0.6 is 0 Å². The predicted octanol–water partition coefficient (Wildman–Crippen LogP) is 10.7. The number of benzene rings is 6. The van der Waals surface area contributed by atoms with Crippen LogP contribution in [-0.4, -0.2) is 9.97 Å². The van der Waals surface area contributed by atoms with Gasteiger partial charge in [-0.2, -0.15) is 10.2 Å². The van der Waals surface area contributed by atoms with E-state index < -0.39 is 0 Å². The van der Waals surface area contributed by atoms with Crippen molar-refractivity contribution in [2.75, 3.05) is 0 Å². The van der Waals surface area contributed by atoms with Crippen LogP contribution in [0, 0.1) is 0 Å². The van der Waals surface area contributed by atoms with Gasteiger partial charge >= 0.3 is 0 Å². The Hall–Kier alpha value is -5.48. The van der Waals surface area contributed by atoms with Crippen molar-refractivity contribution in [3.8, 4) is 22.3 Å². The Kier molecular flexibility index (Phi) is 5.10. The minimum absolute atomic E-state index is 0.819. The molecule has 8 rings (SSSR count). The van der Waals surface area contributed by atoms with Gasteiger partial charge in [0, 0.05) is 43.7 Å². The summed E-state index contributed by atoms with van der Waals surface area (Å²) >= 11 is 0. The van der Waals surface area contributed by atoms with Crippen molar-refractivity contribution in [2.45, 2.75) is 0 Å². The Bertz CT molecular complexity index is 2040. The van der Waals surface area contributed by atoms with Crippen LogP contribution in [0.15, 0.2) is 144 Å². The number of hydrogen-bond donors (Lipinski definition) is 2. The van der Waals surface area contributed by atoms with E-state index in [0.29, 0.717) is 0 Å². The van der Waals surface area contributed by atoms with E-state index in [9.17, 15) is 0 Å². The zero-order valence-electron chi connectivity index (χ0n) is 21.6. The molecule has 6 aromatic carbocycles. The molecule has 0 radical (unpaired) electrons. The molecule has 0 aliphatic carbocycles. The maximum Gasteiger partial charge on any atom is 0.0857 e. The third-order valence-electron chi connectivity index (χ3n) is 7.72. The molecule has 40 heavy (non-hydrogen) atoms. The molecule has 0 aliphatic heterocycles. The number of aromatic amines is 2. The summed E-state index contributed by atoms with van der Waals surface area (Å²) in [7, 11) is 0. The molecule has 0 aliphatic rings. The van der Waals surface area contributed by atoms with Crippen LogP contribution in [0.5, 0.6) is 0 Å². The minimum atomic E-state index is 0.819. The van der Waals surface area contributed by atoms with Gasteiger partial charge in [0.05, 0.1) is 22.4 Å². The fourth-order valence-corrected chi connectivity index (χ4v) is 5.76. The minimum Gasteiger partial charge on any atom is -0.354 e. The lowest BCUT2D eigenvalue weighted by molar-refractivity contribution is 1.23. The van der Waals surface area contributed by atoms with Gasteiger partial charge in [-0.05, 0) is 47.5 Å². The molecular formula is C36H24N4. The summed E-state index contributed by atoms with van der Waals surface area (Å²) in [4.78, 5) is 7.19. The quantitative estimate of drug-likeness (QED) is 0.220. The number of rotatable bonds is 4. The molecule has 8 aromatic rings. The first-order chi connectivity index (χ1) is 19.8. The Morgan fingerprint density at radius 3 is 1.20 bits per heavy atom. The van der Waals surface area contributed by atoms with Gasteiger partial charge in [0.25, 0.3) is 0 Å². The Balaban J connectivity index is 1.06. The molecule has 188 valence electrons. The van der Waals surface area contributed by atoms with Crippen molar-refractivity contribution in [1.29, 1.82) is 0 Å². The number of azo groups is 1. The van der Waals surface area contributed by atoms with Crippen LogP contribution in [0.25, 0.3) is 65.9 Å². The molecule has 0 amide bonds. The average Bonchev–Trinajstić information content (AvgIpc) is 3.59. The van der Waals surface area contributed by atoms with Gasteiger partial charge in [-0.25, -0.2) is 0 Å². The van der Waals surface area contributed by atoms with Crippen LogP contribution in [-0.2, 0) is 0 Å². The zero-order chi connectivity index (χ0) is 26.5. The van der Waals surface area contributed by atoms with E-state index in [-0.39, 0.29) is 0 Å². The van der Waals surface area contributed by atoms with Crippen LogP contribution in [0.1, 0.15) is 0 Å². The lowest BCUT2D eigenvalue weighted by atomic mass is 10.0. The molecule has 0 bridgehead atoms. The highest BCUT2D eigenvalue weighted by Gasteiger charge is 2.10. The van der Waals surface area contributed by atoms with Crippen molar-refractivity contribution in [3.05, 3.63) is 133 Å². The van der Waals surface area contributed by atoms with E-state index in [0.717, 1.165) is 44.6 Å². The lowest BCUT2D eigenvalue weighted by Gasteiger charge is -2.05. The molecule has 0 atom stereocenters. The van der Waals surface area contributed by atoms with Gasteiger partial charge in [-0.1, -0.05) is 97.1 Å². The number of nitrogens with zero attached hydrogens (tertiary/aromatic N) is 2. The zero-order valence-corrected chi connectivity index (χ0v) is 21.6. The summed E-state index contributed by atoms with van der Waals surface area (Å²) in [6.45, 7) is 0. The van der Waals surface area contributed by atoms with Crippen LogP contribution in [0.4, 0.5) is 11.4 Å². The summed E-state index contributed by atoms with van der Waals surface area (Å²) in [5.74, 6) is 0. The third-order valence-corrected chi connectivity index (χ3v) is 7.72. The normalized spacial score (nSPS) is 11.9.